The summed E-state index contributed by atoms with van der Waals surface area (Å²) in [6, 6.07) is 26.0. The van der Waals surface area contributed by atoms with Crippen molar-refractivity contribution in [2.24, 2.45) is 0 Å². The predicted molar refractivity (Wildman–Crippen MR) is 108 cm³/mol. The van der Waals surface area contributed by atoms with E-state index in [0.717, 1.165) is 20.1 Å². The SMILES string of the molecule is Cc1ccc(Sc2c(Sc3ccccc3)c3ccccc3oc2=O)cc1. The normalized spacial score (nSPS) is 11.0. The molecule has 1 heterocycles. The first-order valence-corrected chi connectivity index (χ1v) is 9.87. The van der Waals surface area contributed by atoms with Gasteiger partial charge in [0.2, 0.25) is 0 Å². The number of aryl methyl sites for hydroxylation is 1. The summed E-state index contributed by atoms with van der Waals surface area (Å²) in [5.41, 5.74) is 1.51. The van der Waals surface area contributed by atoms with E-state index in [1.54, 1.807) is 11.8 Å². The first-order valence-electron chi connectivity index (χ1n) is 8.24. The van der Waals surface area contributed by atoms with Crippen LogP contribution in [0, 0.1) is 6.92 Å². The van der Waals surface area contributed by atoms with Crippen LogP contribution in [0.4, 0.5) is 0 Å². The fraction of sp³-hybridized carbons (Fsp3) is 0.0455. The van der Waals surface area contributed by atoms with Gasteiger partial charge in [0, 0.05) is 20.1 Å². The molecule has 1 aromatic heterocycles. The summed E-state index contributed by atoms with van der Waals surface area (Å²) in [7, 11) is 0. The molecule has 0 aliphatic rings. The van der Waals surface area contributed by atoms with Gasteiger partial charge in [0.25, 0.3) is 0 Å². The summed E-state index contributed by atoms with van der Waals surface area (Å²) in [4.78, 5) is 16.4. The van der Waals surface area contributed by atoms with Crippen LogP contribution in [0.15, 0.2) is 108 Å². The molecule has 0 bridgehead atoms. The highest BCUT2D eigenvalue weighted by molar-refractivity contribution is 8.02. The molecular weight excluding hydrogens is 360 g/mol. The molecule has 0 radical (unpaired) electrons. The molecule has 3 aromatic carbocycles. The quantitative estimate of drug-likeness (QED) is 0.385. The van der Waals surface area contributed by atoms with Crippen molar-refractivity contribution in [1.29, 1.82) is 0 Å². The Balaban J connectivity index is 1.87. The maximum atomic E-state index is 12.7. The maximum absolute atomic E-state index is 12.7. The van der Waals surface area contributed by atoms with Crippen LogP contribution in [0.5, 0.6) is 0 Å². The number of benzene rings is 3. The van der Waals surface area contributed by atoms with E-state index in [9.17, 15) is 4.79 Å². The van der Waals surface area contributed by atoms with Crippen LogP contribution in [-0.4, -0.2) is 0 Å². The third-order valence-corrected chi connectivity index (χ3v) is 6.28. The van der Waals surface area contributed by atoms with E-state index in [0.29, 0.717) is 10.5 Å². The van der Waals surface area contributed by atoms with Crippen molar-refractivity contribution >= 4 is 34.5 Å². The van der Waals surface area contributed by atoms with E-state index in [1.165, 1.54) is 17.3 Å². The van der Waals surface area contributed by atoms with E-state index in [-0.39, 0.29) is 5.63 Å². The van der Waals surface area contributed by atoms with Crippen molar-refractivity contribution in [1.82, 2.24) is 0 Å². The predicted octanol–water partition coefficient (Wildman–Crippen LogP) is 6.40. The smallest absolute Gasteiger partial charge is 0.351 e. The highest BCUT2D eigenvalue weighted by Crippen LogP contribution is 2.40. The minimum Gasteiger partial charge on any atom is -0.422 e. The monoisotopic (exact) mass is 376 g/mol. The Bertz CT molecular complexity index is 1100. The van der Waals surface area contributed by atoms with E-state index in [4.69, 9.17) is 4.42 Å². The Morgan fingerprint density at radius 3 is 2.08 bits per heavy atom. The molecule has 0 N–H and O–H groups in total. The number of rotatable bonds is 4. The molecule has 0 spiro atoms. The van der Waals surface area contributed by atoms with E-state index in [1.807, 2.05) is 66.7 Å². The summed E-state index contributed by atoms with van der Waals surface area (Å²) < 4.78 is 5.58. The largest absolute Gasteiger partial charge is 0.422 e. The van der Waals surface area contributed by atoms with Crippen molar-refractivity contribution in [3.05, 3.63) is 94.8 Å². The molecule has 0 aliphatic heterocycles. The van der Waals surface area contributed by atoms with Gasteiger partial charge in [0.05, 0.1) is 0 Å². The number of fused-ring (bicyclic) bond motifs is 1. The number of hydrogen-bond acceptors (Lipinski definition) is 4. The third kappa shape index (κ3) is 3.57. The van der Waals surface area contributed by atoms with Gasteiger partial charge in [-0.3, -0.25) is 0 Å². The molecule has 0 aliphatic carbocycles. The number of para-hydroxylation sites is 1. The van der Waals surface area contributed by atoms with Crippen LogP contribution in [0.3, 0.4) is 0 Å². The lowest BCUT2D eigenvalue weighted by atomic mass is 10.2. The molecule has 0 fully saturated rings. The molecule has 4 aromatic rings. The molecule has 0 saturated carbocycles. The Morgan fingerprint density at radius 1 is 0.692 bits per heavy atom. The zero-order valence-electron chi connectivity index (χ0n) is 14.1. The van der Waals surface area contributed by atoms with Gasteiger partial charge < -0.3 is 4.42 Å². The van der Waals surface area contributed by atoms with Crippen molar-refractivity contribution < 1.29 is 4.42 Å². The van der Waals surface area contributed by atoms with Gasteiger partial charge in [-0.05, 0) is 37.3 Å². The summed E-state index contributed by atoms with van der Waals surface area (Å²) in [5.74, 6) is 0. The van der Waals surface area contributed by atoms with E-state index < -0.39 is 0 Å². The molecule has 128 valence electrons. The minimum absolute atomic E-state index is 0.298. The summed E-state index contributed by atoms with van der Waals surface area (Å²) in [6.07, 6.45) is 0. The lowest BCUT2D eigenvalue weighted by Gasteiger charge is -2.11. The van der Waals surface area contributed by atoms with Crippen molar-refractivity contribution in [3.63, 3.8) is 0 Å². The van der Waals surface area contributed by atoms with Crippen LogP contribution in [0.2, 0.25) is 0 Å². The average Bonchev–Trinajstić information content (AvgIpc) is 2.67. The highest BCUT2D eigenvalue weighted by Gasteiger charge is 2.17. The fourth-order valence-electron chi connectivity index (χ4n) is 2.62. The molecule has 0 amide bonds. The fourth-order valence-corrected chi connectivity index (χ4v) is 4.69. The average molecular weight is 377 g/mol. The van der Waals surface area contributed by atoms with Gasteiger partial charge in [-0.1, -0.05) is 77.6 Å². The van der Waals surface area contributed by atoms with Gasteiger partial charge in [-0.15, -0.1) is 0 Å². The Hall–Kier alpha value is -2.43. The Kier molecular flexibility index (Phi) is 4.87. The molecule has 0 atom stereocenters. The van der Waals surface area contributed by atoms with Crippen molar-refractivity contribution in [2.75, 3.05) is 0 Å². The van der Waals surface area contributed by atoms with Gasteiger partial charge in [-0.25, -0.2) is 4.79 Å². The van der Waals surface area contributed by atoms with E-state index >= 15 is 0 Å². The van der Waals surface area contributed by atoms with E-state index in [2.05, 4.69) is 19.1 Å². The standard InChI is InChI=1S/C22H16O2S2/c1-15-11-13-17(14-12-15)26-21-20(25-16-7-3-2-4-8-16)18-9-5-6-10-19(18)24-22(21)23/h2-14H,1H3. The Morgan fingerprint density at radius 2 is 1.31 bits per heavy atom. The first-order chi connectivity index (χ1) is 12.7. The van der Waals surface area contributed by atoms with Crippen LogP contribution in [0.1, 0.15) is 5.56 Å². The lowest BCUT2D eigenvalue weighted by molar-refractivity contribution is 0.537. The molecule has 0 unspecified atom stereocenters. The van der Waals surface area contributed by atoms with Crippen LogP contribution >= 0.6 is 23.5 Å². The van der Waals surface area contributed by atoms with Crippen LogP contribution < -0.4 is 5.63 Å². The minimum atomic E-state index is -0.298. The second-order valence-electron chi connectivity index (χ2n) is 5.87. The topological polar surface area (TPSA) is 30.2 Å². The van der Waals surface area contributed by atoms with Crippen LogP contribution in [0.25, 0.3) is 11.0 Å². The third-order valence-electron chi connectivity index (χ3n) is 3.93. The maximum Gasteiger partial charge on any atom is 0.351 e. The molecule has 4 heteroatoms. The zero-order chi connectivity index (χ0) is 17.9. The van der Waals surface area contributed by atoms with Gasteiger partial charge >= 0.3 is 5.63 Å². The number of hydrogen-bond donors (Lipinski definition) is 0. The van der Waals surface area contributed by atoms with Gasteiger partial charge in [-0.2, -0.15) is 0 Å². The summed E-state index contributed by atoms with van der Waals surface area (Å²) in [6.45, 7) is 2.05. The van der Waals surface area contributed by atoms with Gasteiger partial charge in [0.15, 0.2) is 0 Å². The molecule has 4 rings (SSSR count). The first kappa shape index (κ1) is 17.0. The summed E-state index contributed by atoms with van der Waals surface area (Å²) in [5, 5.41) is 0.954. The Labute approximate surface area is 160 Å². The molecule has 26 heavy (non-hydrogen) atoms. The van der Waals surface area contributed by atoms with Gasteiger partial charge in [0.1, 0.15) is 10.5 Å². The highest BCUT2D eigenvalue weighted by atomic mass is 32.2. The van der Waals surface area contributed by atoms with Crippen molar-refractivity contribution in [3.8, 4) is 0 Å². The zero-order valence-corrected chi connectivity index (χ0v) is 15.8. The van der Waals surface area contributed by atoms with Crippen LogP contribution in [-0.2, 0) is 0 Å². The molecular formula is C22H16O2S2. The lowest BCUT2D eigenvalue weighted by Crippen LogP contribution is -2.04. The summed E-state index contributed by atoms with van der Waals surface area (Å²) >= 11 is 3.06. The second kappa shape index (κ2) is 7.44. The second-order valence-corrected chi connectivity index (χ2v) is 8.04. The van der Waals surface area contributed by atoms with Crippen molar-refractivity contribution in [2.45, 2.75) is 26.5 Å². The molecule has 2 nitrogen and oxygen atoms in total. The molecule has 0 saturated heterocycles.